The molecule has 0 amide bonds. The summed E-state index contributed by atoms with van der Waals surface area (Å²) in [5.41, 5.74) is -0.356. The number of aromatic nitrogens is 1. The Morgan fingerprint density at radius 2 is 1.56 bits per heavy atom. The van der Waals surface area contributed by atoms with E-state index < -0.39 is 28.9 Å². The highest BCUT2D eigenvalue weighted by Crippen LogP contribution is 2.38. The molecule has 0 fully saturated rings. The van der Waals surface area contributed by atoms with Crippen LogP contribution in [0.4, 0.5) is 22.0 Å². The minimum atomic E-state index is -4.76. The molecule has 1 heterocycles. The Kier molecular flexibility index (Phi) is 7.43. The van der Waals surface area contributed by atoms with E-state index in [4.69, 9.17) is 11.6 Å². The van der Waals surface area contributed by atoms with Crippen molar-refractivity contribution in [2.45, 2.75) is 31.6 Å². The molecule has 4 aromatic rings. The summed E-state index contributed by atoms with van der Waals surface area (Å²) in [7, 11) is 0. The van der Waals surface area contributed by atoms with E-state index in [-0.39, 0.29) is 18.5 Å². The Hall–Kier alpha value is -3.29. The number of pyridine rings is 1. The molecule has 1 atom stereocenters. The van der Waals surface area contributed by atoms with Crippen LogP contribution in [-0.2, 0) is 24.7 Å². The lowest BCUT2D eigenvalue weighted by atomic mass is 9.79. The van der Waals surface area contributed by atoms with E-state index in [0.717, 1.165) is 17.7 Å². The largest absolute Gasteiger partial charge is 0.416 e. The second-order valence-electron chi connectivity index (χ2n) is 8.59. The lowest BCUT2D eigenvalue weighted by molar-refractivity contribution is -0.137. The molecule has 8 heteroatoms. The first-order valence-corrected chi connectivity index (χ1v) is 11.5. The Labute approximate surface area is 210 Å². The molecule has 186 valence electrons. The lowest BCUT2D eigenvalue weighted by Gasteiger charge is -2.36. The second kappa shape index (κ2) is 10.4. The normalized spacial score (nSPS) is 13.4. The zero-order valence-corrected chi connectivity index (χ0v) is 20.0. The minimum Gasteiger partial charge on any atom is -0.298 e. The van der Waals surface area contributed by atoms with Crippen molar-refractivity contribution >= 4 is 11.6 Å². The highest BCUT2D eigenvalue weighted by atomic mass is 35.5. The number of benzene rings is 3. The van der Waals surface area contributed by atoms with Crippen LogP contribution in [0.15, 0.2) is 85.1 Å². The summed E-state index contributed by atoms with van der Waals surface area (Å²) in [5.74, 6) is -1.44. The number of nitrogens with one attached hydrogen (secondary N) is 1. The zero-order valence-electron chi connectivity index (χ0n) is 19.2. The highest BCUT2D eigenvalue weighted by Gasteiger charge is 2.39. The molecule has 0 aliphatic rings. The number of nitrogens with zero attached hydrogens (tertiary/aromatic N) is 1. The fourth-order valence-corrected chi connectivity index (χ4v) is 4.24. The summed E-state index contributed by atoms with van der Waals surface area (Å²) in [4.78, 5) is 4.42. The lowest BCUT2D eigenvalue weighted by Crippen LogP contribution is -2.46. The number of alkyl halides is 3. The van der Waals surface area contributed by atoms with Crippen LogP contribution in [0.5, 0.6) is 0 Å². The van der Waals surface area contributed by atoms with Crippen molar-refractivity contribution in [3.63, 3.8) is 0 Å². The Morgan fingerprint density at radius 1 is 0.833 bits per heavy atom. The Morgan fingerprint density at radius 3 is 2.19 bits per heavy atom. The van der Waals surface area contributed by atoms with Crippen molar-refractivity contribution in [3.8, 4) is 0 Å². The van der Waals surface area contributed by atoms with Crippen LogP contribution in [0.3, 0.4) is 0 Å². The molecule has 3 aromatic carbocycles. The van der Waals surface area contributed by atoms with Crippen LogP contribution in [0.1, 0.15) is 33.5 Å². The maximum absolute atomic E-state index is 14.6. The van der Waals surface area contributed by atoms with Crippen LogP contribution in [0, 0.1) is 18.6 Å². The standard InChI is InChI=1S/C28H22ClF5N2/c1-18-7-8-20(11-25(18)31)16-36-27(15-19-5-3-2-4-6-19,26-10-9-23(29)17-35-26)21-12-22(28(32,33)34)14-24(30)13-21/h2-14,17,36H,15-16H2,1H3. The van der Waals surface area contributed by atoms with Crippen molar-refractivity contribution in [1.29, 1.82) is 0 Å². The SMILES string of the molecule is Cc1ccc(CNC(Cc2ccccc2)(c2cc(F)cc(C(F)(F)F)c2)c2ccc(Cl)cn2)cc1F. The van der Waals surface area contributed by atoms with Crippen LogP contribution >= 0.6 is 11.6 Å². The van der Waals surface area contributed by atoms with Crippen LogP contribution in [-0.4, -0.2) is 4.98 Å². The van der Waals surface area contributed by atoms with E-state index >= 15 is 0 Å². The quantitative estimate of drug-likeness (QED) is 0.256. The van der Waals surface area contributed by atoms with Gasteiger partial charge in [0.15, 0.2) is 0 Å². The van der Waals surface area contributed by atoms with E-state index in [1.54, 1.807) is 43.3 Å². The molecule has 1 N–H and O–H groups in total. The number of aryl methyl sites for hydroxylation is 1. The third-order valence-electron chi connectivity index (χ3n) is 6.03. The predicted molar refractivity (Wildman–Crippen MR) is 130 cm³/mol. The average Bonchev–Trinajstić information content (AvgIpc) is 2.84. The summed E-state index contributed by atoms with van der Waals surface area (Å²) in [5, 5.41) is 3.63. The summed E-state index contributed by atoms with van der Waals surface area (Å²) in [6, 6.07) is 19.4. The second-order valence-corrected chi connectivity index (χ2v) is 9.03. The van der Waals surface area contributed by atoms with Crippen molar-refractivity contribution in [1.82, 2.24) is 10.3 Å². The van der Waals surface area contributed by atoms with Gasteiger partial charge in [0.1, 0.15) is 11.6 Å². The number of rotatable bonds is 7. The molecular weight excluding hydrogens is 495 g/mol. The number of hydrogen-bond acceptors (Lipinski definition) is 2. The molecule has 0 saturated heterocycles. The number of halogens is 6. The third kappa shape index (κ3) is 5.74. The summed E-state index contributed by atoms with van der Waals surface area (Å²) < 4.78 is 70.0. The van der Waals surface area contributed by atoms with Gasteiger partial charge in [-0.2, -0.15) is 13.2 Å². The molecule has 0 aliphatic carbocycles. The maximum Gasteiger partial charge on any atom is 0.416 e. The molecule has 1 aromatic heterocycles. The first-order chi connectivity index (χ1) is 17.1. The van der Waals surface area contributed by atoms with E-state index in [1.165, 1.54) is 12.3 Å². The van der Waals surface area contributed by atoms with Gasteiger partial charge in [0.2, 0.25) is 0 Å². The molecule has 4 rings (SSSR count). The van der Waals surface area contributed by atoms with Gasteiger partial charge in [0.25, 0.3) is 0 Å². The van der Waals surface area contributed by atoms with E-state index in [1.807, 2.05) is 18.2 Å². The van der Waals surface area contributed by atoms with Gasteiger partial charge in [-0.15, -0.1) is 0 Å². The van der Waals surface area contributed by atoms with Crippen molar-refractivity contribution in [2.75, 3.05) is 0 Å². The van der Waals surface area contributed by atoms with E-state index in [0.29, 0.717) is 27.9 Å². The first kappa shape index (κ1) is 25.8. The van der Waals surface area contributed by atoms with Crippen LogP contribution in [0.2, 0.25) is 5.02 Å². The maximum atomic E-state index is 14.6. The molecule has 0 spiro atoms. The van der Waals surface area contributed by atoms with Gasteiger partial charge < -0.3 is 0 Å². The molecule has 0 saturated carbocycles. The Balaban J connectivity index is 1.92. The van der Waals surface area contributed by atoms with Gasteiger partial charge in [0, 0.05) is 19.2 Å². The van der Waals surface area contributed by atoms with Crippen LogP contribution < -0.4 is 5.32 Å². The first-order valence-electron chi connectivity index (χ1n) is 11.1. The van der Waals surface area contributed by atoms with Crippen molar-refractivity contribution < 1.29 is 22.0 Å². The van der Waals surface area contributed by atoms with Gasteiger partial charge in [0.05, 0.1) is 21.8 Å². The summed E-state index contributed by atoms with van der Waals surface area (Å²) in [6.07, 6.45) is -3.24. The predicted octanol–water partition coefficient (Wildman–Crippen LogP) is 7.62. The molecular formula is C28H22ClF5N2. The molecule has 0 aliphatic heterocycles. The zero-order chi connectivity index (χ0) is 25.9. The van der Waals surface area contributed by atoms with Gasteiger partial charge in [-0.3, -0.25) is 10.3 Å². The van der Waals surface area contributed by atoms with Crippen molar-refractivity contribution in [2.24, 2.45) is 0 Å². The van der Waals surface area contributed by atoms with E-state index in [9.17, 15) is 22.0 Å². The monoisotopic (exact) mass is 516 g/mol. The Bertz CT molecular complexity index is 1340. The van der Waals surface area contributed by atoms with Gasteiger partial charge in [-0.1, -0.05) is 54.1 Å². The molecule has 36 heavy (non-hydrogen) atoms. The fourth-order valence-electron chi connectivity index (χ4n) is 4.12. The molecule has 2 nitrogen and oxygen atoms in total. The molecule has 0 bridgehead atoms. The van der Waals surface area contributed by atoms with Crippen LogP contribution in [0.25, 0.3) is 0 Å². The fraction of sp³-hybridized carbons (Fsp3) is 0.179. The van der Waals surface area contributed by atoms with E-state index in [2.05, 4.69) is 10.3 Å². The smallest absolute Gasteiger partial charge is 0.298 e. The van der Waals surface area contributed by atoms with Crippen molar-refractivity contribution in [3.05, 3.63) is 135 Å². The van der Waals surface area contributed by atoms with Gasteiger partial charge >= 0.3 is 6.18 Å². The number of hydrogen-bond donors (Lipinski definition) is 1. The van der Waals surface area contributed by atoms with Gasteiger partial charge in [-0.05, 0) is 65.6 Å². The molecule has 1 unspecified atom stereocenters. The molecule has 0 radical (unpaired) electrons. The topological polar surface area (TPSA) is 24.9 Å². The third-order valence-corrected chi connectivity index (χ3v) is 6.25. The van der Waals surface area contributed by atoms with Gasteiger partial charge in [-0.25, -0.2) is 8.78 Å². The summed E-state index contributed by atoms with van der Waals surface area (Å²) >= 11 is 6.05. The highest BCUT2D eigenvalue weighted by molar-refractivity contribution is 6.30. The average molecular weight is 517 g/mol. The minimum absolute atomic E-state index is 0.0288. The summed E-state index contributed by atoms with van der Waals surface area (Å²) in [6.45, 7) is 1.71.